The molecule has 1 saturated carbocycles. The summed E-state index contributed by atoms with van der Waals surface area (Å²) in [6, 6.07) is 0.333. The number of rotatable bonds is 0. The third kappa shape index (κ3) is 0.754. The van der Waals surface area contributed by atoms with Crippen LogP contribution in [0.2, 0.25) is 0 Å². The summed E-state index contributed by atoms with van der Waals surface area (Å²) in [6.07, 6.45) is 4.24. The minimum Gasteiger partial charge on any atom is -0.391 e. The summed E-state index contributed by atoms with van der Waals surface area (Å²) in [6.45, 7) is 2.06. The lowest BCUT2D eigenvalue weighted by molar-refractivity contribution is 0.152. The van der Waals surface area contributed by atoms with Crippen molar-refractivity contribution in [2.24, 2.45) is 5.92 Å². The van der Waals surface area contributed by atoms with Crippen molar-refractivity contribution in [1.29, 1.82) is 0 Å². The molecular weight excluding hydrogens is 126 g/mol. The van der Waals surface area contributed by atoms with E-state index in [0.29, 0.717) is 12.0 Å². The molecule has 0 aromatic rings. The molecule has 2 aliphatic rings. The molecule has 2 nitrogen and oxygen atoms in total. The number of nitrogens with one attached hydrogen (secondary N) is 1. The van der Waals surface area contributed by atoms with Crippen molar-refractivity contribution < 1.29 is 5.11 Å². The van der Waals surface area contributed by atoms with E-state index in [-0.39, 0.29) is 6.10 Å². The van der Waals surface area contributed by atoms with Crippen molar-refractivity contribution in [3.05, 3.63) is 11.8 Å². The van der Waals surface area contributed by atoms with Gasteiger partial charge < -0.3 is 10.4 Å². The number of aliphatic hydroxyl groups is 1. The average molecular weight is 139 g/mol. The van der Waals surface area contributed by atoms with E-state index in [9.17, 15) is 5.11 Å². The van der Waals surface area contributed by atoms with Crippen molar-refractivity contribution in [3.8, 4) is 0 Å². The van der Waals surface area contributed by atoms with Crippen molar-refractivity contribution >= 4 is 0 Å². The van der Waals surface area contributed by atoms with Crippen LogP contribution < -0.4 is 5.32 Å². The highest BCUT2D eigenvalue weighted by atomic mass is 16.3. The van der Waals surface area contributed by atoms with Crippen LogP contribution in [0.5, 0.6) is 0 Å². The number of allylic oxidation sites excluding steroid dienone is 1. The van der Waals surface area contributed by atoms with E-state index < -0.39 is 0 Å². The summed E-state index contributed by atoms with van der Waals surface area (Å²) >= 11 is 0. The molecule has 0 spiro atoms. The normalized spacial score (nSPS) is 44.6. The molecule has 0 aromatic heterocycles. The second-order valence-electron chi connectivity index (χ2n) is 3.33. The van der Waals surface area contributed by atoms with Crippen molar-refractivity contribution in [3.63, 3.8) is 0 Å². The summed E-state index contributed by atoms with van der Waals surface area (Å²) in [5.41, 5.74) is 1.23. The van der Waals surface area contributed by atoms with Crippen LogP contribution in [0.15, 0.2) is 11.8 Å². The lowest BCUT2D eigenvalue weighted by Gasteiger charge is -2.14. The first-order valence-electron chi connectivity index (χ1n) is 3.90. The van der Waals surface area contributed by atoms with Crippen LogP contribution in [-0.2, 0) is 0 Å². The molecule has 10 heavy (non-hydrogen) atoms. The van der Waals surface area contributed by atoms with Gasteiger partial charge in [0.15, 0.2) is 0 Å². The molecule has 0 amide bonds. The minimum absolute atomic E-state index is 0.112. The minimum atomic E-state index is -0.112. The standard InChI is InChI=1S/C8H13NO/c1-5-4-6-2-3-7(10)8(6)9-5/h4,6-10H,2-3H2,1H3. The highest BCUT2D eigenvalue weighted by Gasteiger charge is 2.36. The zero-order valence-electron chi connectivity index (χ0n) is 6.17. The van der Waals surface area contributed by atoms with Gasteiger partial charge in [-0.25, -0.2) is 0 Å². The molecule has 1 aliphatic carbocycles. The second kappa shape index (κ2) is 1.99. The van der Waals surface area contributed by atoms with Crippen molar-refractivity contribution in [2.75, 3.05) is 0 Å². The number of hydrogen-bond donors (Lipinski definition) is 2. The molecule has 2 rings (SSSR count). The molecule has 0 bridgehead atoms. The molecule has 1 heterocycles. The Hall–Kier alpha value is -0.500. The van der Waals surface area contributed by atoms with Gasteiger partial charge in [-0.15, -0.1) is 0 Å². The van der Waals surface area contributed by atoms with E-state index in [1.54, 1.807) is 0 Å². The Morgan fingerprint density at radius 1 is 1.60 bits per heavy atom. The molecule has 3 atom stereocenters. The summed E-state index contributed by atoms with van der Waals surface area (Å²) in [5, 5.41) is 12.7. The van der Waals surface area contributed by atoms with Gasteiger partial charge in [-0.1, -0.05) is 6.08 Å². The van der Waals surface area contributed by atoms with Gasteiger partial charge in [0.25, 0.3) is 0 Å². The van der Waals surface area contributed by atoms with Gasteiger partial charge >= 0.3 is 0 Å². The highest BCUT2D eigenvalue weighted by molar-refractivity contribution is 5.15. The highest BCUT2D eigenvalue weighted by Crippen LogP contribution is 2.32. The first-order chi connectivity index (χ1) is 4.77. The van der Waals surface area contributed by atoms with Crippen LogP contribution in [0.3, 0.4) is 0 Å². The van der Waals surface area contributed by atoms with Crippen molar-refractivity contribution in [2.45, 2.75) is 31.9 Å². The van der Waals surface area contributed by atoms with Crippen molar-refractivity contribution in [1.82, 2.24) is 5.32 Å². The Balaban J connectivity index is 2.14. The predicted octanol–water partition coefficient (Wildman–Crippen LogP) is 0.633. The molecule has 2 N–H and O–H groups in total. The molecule has 0 aromatic carbocycles. The maximum Gasteiger partial charge on any atom is 0.0747 e. The molecule has 1 aliphatic heterocycles. The zero-order chi connectivity index (χ0) is 7.14. The maximum absolute atomic E-state index is 9.42. The van der Waals surface area contributed by atoms with Gasteiger partial charge in [0.2, 0.25) is 0 Å². The van der Waals surface area contributed by atoms with Crippen LogP contribution in [-0.4, -0.2) is 17.3 Å². The lowest BCUT2D eigenvalue weighted by Crippen LogP contribution is -2.33. The van der Waals surface area contributed by atoms with E-state index in [4.69, 9.17) is 0 Å². The van der Waals surface area contributed by atoms with E-state index in [1.807, 2.05) is 0 Å². The van der Waals surface area contributed by atoms with E-state index in [1.165, 1.54) is 5.70 Å². The van der Waals surface area contributed by atoms with Crippen LogP contribution in [0.25, 0.3) is 0 Å². The maximum atomic E-state index is 9.42. The largest absolute Gasteiger partial charge is 0.391 e. The van der Waals surface area contributed by atoms with Gasteiger partial charge in [0.1, 0.15) is 0 Å². The number of fused-ring (bicyclic) bond motifs is 1. The molecular formula is C8H13NO. The Labute approximate surface area is 60.9 Å². The lowest BCUT2D eigenvalue weighted by atomic mass is 10.1. The third-order valence-electron chi connectivity index (χ3n) is 2.53. The van der Waals surface area contributed by atoms with Crippen LogP contribution >= 0.6 is 0 Å². The summed E-state index contributed by atoms with van der Waals surface area (Å²) in [7, 11) is 0. The Morgan fingerprint density at radius 3 is 3.10 bits per heavy atom. The topological polar surface area (TPSA) is 32.3 Å². The zero-order valence-corrected chi connectivity index (χ0v) is 6.17. The first-order valence-corrected chi connectivity index (χ1v) is 3.90. The Kier molecular flexibility index (Phi) is 1.24. The van der Waals surface area contributed by atoms with Crippen LogP contribution in [0, 0.1) is 5.92 Å². The van der Waals surface area contributed by atoms with Gasteiger partial charge in [-0.2, -0.15) is 0 Å². The fourth-order valence-corrected chi connectivity index (χ4v) is 2.03. The number of hydrogen-bond acceptors (Lipinski definition) is 2. The smallest absolute Gasteiger partial charge is 0.0747 e. The molecule has 1 fully saturated rings. The van der Waals surface area contributed by atoms with Gasteiger partial charge in [-0.05, 0) is 19.8 Å². The molecule has 56 valence electrons. The first kappa shape index (κ1) is 6.23. The van der Waals surface area contributed by atoms with Crippen LogP contribution in [0.4, 0.5) is 0 Å². The predicted molar refractivity (Wildman–Crippen MR) is 39.4 cm³/mol. The molecule has 0 saturated heterocycles. The fourth-order valence-electron chi connectivity index (χ4n) is 2.03. The summed E-state index contributed by atoms with van der Waals surface area (Å²) in [4.78, 5) is 0. The van der Waals surface area contributed by atoms with E-state index in [2.05, 4.69) is 18.3 Å². The SMILES string of the molecule is CC1=CC2CCC(O)C2N1. The quantitative estimate of drug-likeness (QED) is 0.516. The molecule has 2 heteroatoms. The Bertz CT molecular complexity index is 176. The monoisotopic (exact) mass is 139 g/mol. The summed E-state index contributed by atoms with van der Waals surface area (Å²) in [5.74, 6) is 0.606. The van der Waals surface area contributed by atoms with Gasteiger partial charge in [-0.3, -0.25) is 0 Å². The Morgan fingerprint density at radius 2 is 2.40 bits per heavy atom. The van der Waals surface area contributed by atoms with Gasteiger partial charge in [0, 0.05) is 11.6 Å². The van der Waals surface area contributed by atoms with E-state index in [0.717, 1.165) is 12.8 Å². The molecule has 0 radical (unpaired) electrons. The van der Waals surface area contributed by atoms with Gasteiger partial charge in [0.05, 0.1) is 12.1 Å². The van der Waals surface area contributed by atoms with Crippen LogP contribution in [0.1, 0.15) is 19.8 Å². The third-order valence-corrected chi connectivity index (χ3v) is 2.53. The van der Waals surface area contributed by atoms with E-state index >= 15 is 0 Å². The molecule has 3 unspecified atom stereocenters. The second-order valence-corrected chi connectivity index (χ2v) is 3.33. The average Bonchev–Trinajstić information content (AvgIpc) is 2.35. The number of aliphatic hydroxyl groups excluding tert-OH is 1. The summed E-state index contributed by atoms with van der Waals surface area (Å²) < 4.78 is 0. The fraction of sp³-hybridized carbons (Fsp3) is 0.750.